The number of carbonyl (C=O) groups is 1. The number of carbonyl (C=O) groups excluding carboxylic acids is 1. The standard InChI is InChI=1S/C25H24N6O/c32-25(23-17-26-21-7-3-4-8-22(21)28-23)27-19-11-9-18(10-12-19)20-13-14-24(30-29-20)31-15-5-1-2-6-16-31/h3-4,7-14,17H,1-2,5-6,15-16H2,(H,27,32). The quantitative estimate of drug-likeness (QED) is 0.510. The van der Waals surface area contributed by atoms with E-state index in [0.717, 1.165) is 35.7 Å². The summed E-state index contributed by atoms with van der Waals surface area (Å²) in [4.78, 5) is 23.6. The number of nitrogens with one attached hydrogen (secondary N) is 1. The normalized spacial score (nSPS) is 14.2. The van der Waals surface area contributed by atoms with Crippen molar-refractivity contribution in [2.45, 2.75) is 25.7 Å². The lowest BCUT2D eigenvalue weighted by Gasteiger charge is -2.20. The van der Waals surface area contributed by atoms with Crippen LogP contribution in [0.4, 0.5) is 11.5 Å². The van der Waals surface area contributed by atoms with Gasteiger partial charge in [-0.05, 0) is 49.2 Å². The van der Waals surface area contributed by atoms with Crippen LogP contribution in [0.15, 0.2) is 66.9 Å². The van der Waals surface area contributed by atoms with Gasteiger partial charge < -0.3 is 10.2 Å². The van der Waals surface area contributed by atoms with E-state index in [1.807, 2.05) is 60.7 Å². The van der Waals surface area contributed by atoms with Gasteiger partial charge in [-0.2, -0.15) is 0 Å². The number of amides is 1. The van der Waals surface area contributed by atoms with Crippen LogP contribution < -0.4 is 10.2 Å². The van der Waals surface area contributed by atoms with E-state index in [4.69, 9.17) is 0 Å². The molecular weight excluding hydrogens is 400 g/mol. The molecule has 4 aromatic rings. The fourth-order valence-electron chi connectivity index (χ4n) is 3.93. The molecule has 1 aliphatic heterocycles. The topological polar surface area (TPSA) is 83.9 Å². The maximum absolute atomic E-state index is 12.6. The van der Waals surface area contributed by atoms with Crippen LogP contribution in [0.3, 0.4) is 0 Å². The van der Waals surface area contributed by atoms with E-state index in [2.05, 4.69) is 30.4 Å². The molecule has 5 rings (SSSR count). The molecule has 3 heterocycles. The fraction of sp³-hybridized carbons (Fsp3) is 0.240. The van der Waals surface area contributed by atoms with Crippen LogP contribution in [0, 0.1) is 0 Å². The van der Waals surface area contributed by atoms with E-state index in [1.54, 1.807) is 0 Å². The van der Waals surface area contributed by atoms with Crippen molar-refractivity contribution in [1.82, 2.24) is 20.2 Å². The van der Waals surface area contributed by atoms with E-state index >= 15 is 0 Å². The molecule has 1 N–H and O–H groups in total. The highest BCUT2D eigenvalue weighted by molar-refractivity contribution is 6.03. The highest BCUT2D eigenvalue weighted by Gasteiger charge is 2.13. The molecule has 0 spiro atoms. The van der Waals surface area contributed by atoms with Crippen LogP contribution in [0.1, 0.15) is 36.2 Å². The Kier molecular flexibility index (Phi) is 5.70. The van der Waals surface area contributed by atoms with E-state index in [1.165, 1.54) is 31.9 Å². The van der Waals surface area contributed by atoms with Crippen molar-refractivity contribution in [3.8, 4) is 11.3 Å². The highest BCUT2D eigenvalue weighted by atomic mass is 16.1. The maximum atomic E-state index is 12.6. The summed E-state index contributed by atoms with van der Waals surface area (Å²) in [7, 11) is 0. The molecule has 160 valence electrons. The first kappa shape index (κ1) is 20.1. The SMILES string of the molecule is O=C(Nc1ccc(-c2ccc(N3CCCCCC3)nn2)cc1)c1cnc2ccccc2n1. The Morgan fingerprint density at radius 1 is 0.812 bits per heavy atom. The third kappa shape index (κ3) is 4.42. The summed E-state index contributed by atoms with van der Waals surface area (Å²) in [6, 6.07) is 19.1. The third-order valence-corrected chi connectivity index (χ3v) is 5.70. The van der Waals surface area contributed by atoms with Crippen molar-refractivity contribution in [1.29, 1.82) is 0 Å². The Morgan fingerprint density at radius 2 is 1.56 bits per heavy atom. The van der Waals surface area contributed by atoms with Gasteiger partial charge in [0, 0.05) is 24.3 Å². The number of hydrogen-bond donors (Lipinski definition) is 1. The van der Waals surface area contributed by atoms with Gasteiger partial charge in [-0.3, -0.25) is 9.78 Å². The number of benzene rings is 2. The van der Waals surface area contributed by atoms with Crippen molar-refractivity contribution in [3.05, 3.63) is 72.6 Å². The Bertz CT molecular complexity index is 1220. The summed E-state index contributed by atoms with van der Waals surface area (Å²) in [5.74, 6) is 0.647. The lowest BCUT2D eigenvalue weighted by molar-refractivity contribution is 0.102. The lowest BCUT2D eigenvalue weighted by atomic mass is 10.1. The Balaban J connectivity index is 1.26. The molecule has 1 fully saturated rings. The molecule has 1 aliphatic rings. The zero-order valence-electron chi connectivity index (χ0n) is 17.7. The Hall–Kier alpha value is -3.87. The molecule has 2 aromatic carbocycles. The molecule has 32 heavy (non-hydrogen) atoms. The van der Waals surface area contributed by atoms with Gasteiger partial charge in [-0.1, -0.05) is 37.1 Å². The number of aromatic nitrogens is 4. The molecule has 1 amide bonds. The molecule has 7 nitrogen and oxygen atoms in total. The molecule has 0 atom stereocenters. The van der Waals surface area contributed by atoms with Crippen LogP contribution in [-0.4, -0.2) is 39.2 Å². The second-order valence-electron chi connectivity index (χ2n) is 7.95. The summed E-state index contributed by atoms with van der Waals surface area (Å²) >= 11 is 0. The minimum atomic E-state index is -0.294. The summed E-state index contributed by atoms with van der Waals surface area (Å²) in [5.41, 5.74) is 4.17. The first-order valence-electron chi connectivity index (χ1n) is 11.0. The number of fused-ring (bicyclic) bond motifs is 1. The number of anilines is 2. The van der Waals surface area contributed by atoms with Gasteiger partial charge in [-0.15, -0.1) is 10.2 Å². The van der Waals surface area contributed by atoms with E-state index in [0.29, 0.717) is 11.2 Å². The van der Waals surface area contributed by atoms with Crippen LogP contribution >= 0.6 is 0 Å². The van der Waals surface area contributed by atoms with Crippen LogP contribution in [0.5, 0.6) is 0 Å². The van der Waals surface area contributed by atoms with Gasteiger partial charge in [0.2, 0.25) is 0 Å². The molecule has 0 radical (unpaired) electrons. The largest absolute Gasteiger partial charge is 0.355 e. The summed E-state index contributed by atoms with van der Waals surface area (Å²) in [6.45, 7) is 2.09. The predicted octanol–water partition coefficient (Wildman–Crippen LogP) is 4.72. The van der Waals surface area contributed by atoms with Crippen LogP contribution in [0.25, 0.3) is 22.3 Å². The minimum absolute atomic E-state index is 0.280. The maximum Gasteiger partial charge on any atom is 0.275 e. The van der Waals surface area contributed by atoms with Crippen molar-refractivity contribution in [3.63, 3.8) is 0 Å². The van der Waals surface area contributed by atoms with Crippen molar-refractivity contribution < 1.29 is 4.79 Å². The summed E-state index contributed by atoms with van der Waals surface area (Å²) < 4.78 is 0. The van der Waals surface area contributed by atoms with Gasteiger partial charge in [0.1, 0.15) is 5.69 Å². The molecule has 7 heteroatoms. The van der Waals surface area contributed by atoms with Crippen molar-refractivity contribution in [2.24, 2.45) is 0 Å². The van der Waals surface area contributed by atoms with E-state index in [9.17, 15) is 4.79 Å². The summed E-state index contributed by atoms with van der Waals surface area (Å²) in [5, 5.41) is 11.7. The van der Waals surface area contributed by atoms with Crippen LogP contribution in [0.2, 0.25) is 0 Å². The van der Waals surface area contributed by atoms with Gasteiger partial charge in [0.05, 0.1) is 22.9 Å². The van der Waals surface area contributed by atoms with Crippen LogP contribution in [-0.2, 0) is 0 Å². The molecule has 2 aromatic heterocycles. The van der Waals surface area contributed by atoms with E-state index in [-0.39, 0.29) is 11.6 Å². The number of rotatable bonds is 4. The smallest absolute Gasteiger partial charge is 0.275 e. The molecule has 0 saturated carbocycles. The minimum Gasteiger partial charge on any atom is -0.355 e. The average Bonchev–Trinajstić information content (AvgIpc) is 3.14. The average molecular weight is 425 g/mol. The number of para-hydroxylation sites is 2. The molecule has 0 bridgehead atoms. The van der Waals surface area contributed by atoms with Gasteiger partial charge >= 0.3 is 0 Å². The Morgan fingerprint density at radius 3 is 2.28 bits per heavy atom. The highest BCUT2D eigenvalue weighted by Crippen LogP contribution is 2.22. The van der Waals surface area contributed by atoms with Crippen molar-refractivity contribution >= 4 is 28.4 Å². The van der Waals surface area contributed by atoms with E-state index < -0.39 is 0 Å². The monoisotopic (exact) mass is 424 g/mol. The predicted molar refractivity (Wildman–Crippen MR) is 126 cm³/mol. The molecule has 1 saturated heterocycles. The summed E-state index contributed by atoms with van der Waals surface area (Å²) in [6.07, 6.45) is 6.49. The number of hydrogen-bond acceptors (Lipinski definition) is 6. The lowest BCUT2D eigenvalue weighted by Crippen LogP contribution is -2.25. The van der Waals surface area contributed by atoms with Gasteiger partial charge in [0.15, 0.2) is 5.82 Å². The zero-order chi connectivity index (χ0) is 21.8. The Labute approximate surface area is 186 Å². The second-order valence-corrected chi connectivity index (χ2v) is 7.95. The second kappa shape index (κ2) is 9.09. The molecule has 0 unspecified atom stereocenters. The molecular formula is C25H24N6O. The third-order valence-electron chi connectivity index (χ3n) is 5.70. The van der Waals surface area contributed by atoms with Gasteiger partial charge in [-0.25, -0.2) is 4.98 Å². The first-order chi connectivity index (χ1) is 15.8. The first-order valence-corrected chi connectivity index (χ1v) is 11.0. The number of nitrogens with zero attached hydrogens (tertiary/aromatic N) is 5. The zero-order valence-corrected chi connectivity index (χ0v) is 17.7. The molecule has 0 aliphatic carbocycles. The van der Waals surface area contributed by atoms with Crippen molar-refractivity contribution in [2.75, 3.05) is 23.3 Å². The fourth-order valence-corrected chi connectivity index (χ4v) is 3.93. The van der Waals surface area contributed by atoms with Gasteiger partial charge in [0.25, 0.3) is 5.91 Å².